The van der Waals surface area contributed by atoms with Crippen molar-refractivity contribution in [2.45, 2.75) is 18.9 Å². The average Bonchev–Trinajstić information content (AvgIpc) is 2.40. The van der Waals surface area contributed by atoms with E-state index >= 15 is 0 Å². The van der Waals surface area contributed by atoms with Crippen molar-refractivity contribution in [1.29, 1.82) is 0 Å². The zero-order valence-electron chi connectivity index (χ0n) is 11.2. The van der Waals surface area contributed by atoms with Crippen molar-refractivity contribution in [3.05, 3.63) is 35.9 Å². The van der Waals surface area contributed by atoms with E-state index in [0.717, 1.165) is 11.0 Å². The van der Waals surface area contributed by atoms with Crippen LogP contribution >= 0.6 is 0 Å². The molecular formula is C15H20INO2. The molecule has 0 aromatic heterocycles. The van der Waals surface area contributed by atoms with Gasteiger partial charge in [0.25, 0.3) is 0 Å². The Hall–Kier alpha value is -0.620. The van der Waals surface area contributed by atoms with E-state index in [4.69, 9.17) is 4.74 Å². The van der Waals surface area contributed by atoms with Crippen molar-refractivity contribution in [1.82, 2.24) is 0 Å². The third-order valence-electron chi connectivity index (χ3n) is 4.49. The molecule has 0 spiro atoms. The van der Waals surface area contributed by atoms with Crippen LogP contribution in [0, 0.1) is 5.92 Å². The molecule has 3 nitrogen and oxygen atoms in total. The van der Waals surface area contributed by atoms with Gasteiger partial charge in [-0.3, -0.25) is 0 Å². The van der Waals surface area contributed by atoms with Gasteiger partial charge in [-0.25, -0.2) is 4.79 Å². The summed E-state index contributed by atoms with van der Waals surface area (Å²) < 4.78 is 6.79. The van der Waals surface area contributed by atoms with Crippen molar-refractivity contribution in [3.8, 4) is 0 Å². The van der Waals surface area contributed by atoms with Crippen LogP contribution in [0.3, 0.4) is 0 Å². The first kappa shape index (κ1) is 14.8. The SMILES string of the molecule is C[N+]12CCC(CC1)[C@H](OC(=O)c1ccccc1)C2.[I-]. The van der Waals surface area contributed by atoms with E-state index in [2.05, 4.69) is 7.05 Å². The third kappa shape index (κ3) is 3.11. The van der Waals surface area contributed by atoms with Gasteiger partial charge in [0.05, 0.1) is 25.7 Å². The third-order valence-corrected chi connectivity index (χ3v) is 4.49. The predicted molar refractivity (Wildman–Crippen MR) is 69.2 cm³/mol. The number of quaternary nitrogens is 1. The number of halogens is 1. The molecule has 1 atom stereocenters. The molecule has 1 aromatic rings. The van der Waals surface area contributed by atoms with Gasteiger partial charge in [-0.05, 0) is 12.1 Å². The van der Waals surface area contributed by atoms with Crippen LogP contribution in [0.25, 0.3) is 0 Å². The van der Waals surface area contributed by atoms with Gasteiger partial charge in [-0.1, -0.05) is 18.2 Å². The highest BCUT2D eigenvalue weighted by Crippen LogP contribution is 2.34. The summed E-state index contributed by atoms with van der Waals surface area (Å²) in [6, 6.07) is 9.30. The largest absolute Gasteiger partial charge is 1.00 e. The maximum absolute atomic E-state index is 12.1. The normalized spacial score (nSPS) is 32.5. The van der Waals surface area contributed by atoms with Gasteiger partial charge in [-0.15, -0.1) is 0 Å². The van der Waals surface area contributed by atoms with E-state index in [0.29, 0.717) is 11.5 Å². The lowest BCUT2D eigenvalue weighted by molar-refractivity contribution is -0.928. The van der Waals surface area contributed by atoms with Gasteiger partial charge in [0.15, 0.2) is 6.10 Å². The molecule has 3 saturated heterocycles. The van der Waals surface area contributed by atoms with Crippen LogP contribution in [0.4, 0.5) is 0 Å². The Morgan fingerprint density at radius 1 is 1.21 bits per heavy atom. The molecule has 4 rings (SSSR count). The topological polar surface area (TPSA) is 26.3 Å². The Labute approximate surface area is 131 Å². The van der Waals surface area contributed by atoms with Crippen LogP contribution in [0.2, 0.25) is 0 Å². The minimum atomic E-state index is -0.166. The molecule has 3 aliphatic heterocycles. The average molecular weight is 373 g/mol. The highest BCUT2D eigenvalue weighted by Gasteiger charge is 2.45. The molecule has 0 unspecified atom stereocenters. The molecule has 104 valence electrons. The fourth-order valence-electron chi connectivity index (χ4n) is 3.26. The van der Waals surface area contributed by atoms with Crippen molar-refractivity contribution >= 4 is 5.97 Å². The number of rotatable bonds is 2. The van der Waals surface area contributed by atoms with Crippen molar-refractivity contribution in [3.63, 3.8) is 0 Å². The van der Waals surface area contributed by atoms with Crippen LogP contribution in [0.1, 0.15) is 23.2 Å². The zero-order valence-corrected chi connectivity index (χ0v) is 13.4. The quantitative estimate of drug-likeness (QED) is 0.381. The highest BCUT2D eigenvalue weighted by molar-refractivity contribution is 5.89. The van der Waals surface area contributed by atoms with Gasteiger partial charge in [0, 0.05) is 18.8 Å². The Morgan fingerprint density at radius 2 is 1.84 bits per heavy atom. The summed E-state index contributed by atoms with van der Waals surface area (Å²) in [7, 11) is 2.28. The Morgan fingerprint density at radius 3 is 2.42 bits per heavy atom. The van der Waals surface area contributed by atoms with E-state index in [1.807, 2.05) is 30.3 Å². The molecule has 0 amide bonds. The monoisotopic (exact) mass is 373 g/mol. The number of likely N-dealkylation sites (N-methyl/N-ethyl adjacent to an activating group) is 1. The maximum atomic E-state index is 12.1. The molecule has 0 aliphatic carbocycles. The Kier molecular flexibility index (Phi) is 4.50. The maximum Gasteiger partial charge on any atom is 0.338 e. The summed E-state index contributed by atoms with van der Waals surface area (Å²) in [6.07, 6.45) is 2.51. The molecule has 2 bridgehead atoms. The molecule has 1 aromatic carbocycles. The lowest BCUT2D eigenvalue weighted by Gasteiger charge is -2.49. The molecule has 0 radical (unpaired) electrons. The van der Waals surface area contributed by atoms with E-state index < -0.39 is 0 Å². The molecule has 3 aliphatic rings. The summed E-state index contributed by atoms with van der Waals surface area (Å²) in [6.45, 7) is 3.47. The molecule has 19 heavy (non-hydrogen) atoms. The second-order valence-corrected chi connectivity index (χ2v) is 5.90. The molecular weight excluding hydrogens is 353 g/mol. The van der Waals surface area contributed by atoms with Crippen molar-refractivity contribution in [2.24, 2.45) is 5.92 Å². The van der Waals surface area contributed by atoms with Crippen LogP contribution < -0.4 is 24.0 Å². The minimum Gasteiger partial charge on any atom is -1.00 e. The number of benzene rings is 1. The Bertz CT molecular complexity index is 441. The minimum absolute atomic E-state index is 0. The number of carbonyl (C=O) groups excluding carboxylic acids is 1. The molecule has 3 fully saturated rings. The number of carbonyl (C=O) groups is 1. The lowest BCUT2D eigenvalue weighted by Crippen LogP contribution is -3.00. The summed E-state index contributed by atoms with van der Waals surface area (Å²) in [5, 5.41) is 0. The van der Waals surface area contributed by atoms with Crippen LogP contribution in [0.5, 0.6) is 0 Å². The molecule has 3 heterocycles. The van der Waals surface area contributed by atoms with E-state index in [1.165, 1.54) is 25.9 Å². The predicted octanol–water partition coefficient (Wildman–Crippen LogP) is -0.914. The van der Waals surface area contributed by atoms with E-state index in [9.17, 15) is 4.79 Å². The second-order valence-electron chi connectivity index (χ2n) is 5.90. The summed E-state index contributed by atoms with van der Waals surface area (Å²) in [5.74, 6) is 0.415. The fraction of sp³-hybridized carbons (Fsp3) is 0.533. The van der Waals surface area contributed by atoms with Gasteiger partial charge in [0.1, 0.15) is 6.54 Å². The van der Waals surface area contributed by atoms with Crippen LogP contribution in [0.15, 0.2) is 30.3 Å². The zero-order chi connectivity index (χ0) is 12.6. The lowest BCUT2D eigenvalue weighted by atomic mass is 9.84. The number of hydrogen-bond donors (Lipinski definition) is 0. The van der Waals surface area contributed by atoms with Crippen LogP contribution in [-0.4, -0.2) is 43.2 Å². The number of esters is 1. The summed E-state index contributed by atoms with van der Waals surface area (Å²) in [5.41, 5.74) is 0.664. The van der Waals surface area contributed by atoms with Gasteiger partial charge in [0.2, 0.25) is 0 Å². The number of ether oxygens (including phenoxy) is 1. The Balaban J connectivity index is 0.00000133. The van der Waals surface area contributed by atoms with Crippen molar-refractivity contribution < 1.29 is 38.0 Å². The standard InChI is InChI=1S/C15H20NO2.HI/c1-16-9-7-12(8-10-16)14(11-16)18-15(17)13-5-3-2-4-6-13;/h2-6,12,14H,7-11H2,1H3;1H/q+1;/p-1/t12?,14-,16?;/m1./s1. The van der Waals surface area contributed by atoms with Crippen molar-refractivity contribution in [2.75, 3.05) is 26.7 Å². The number of nitrogens with zero attached hydrogens (tertiary/aromatic N) is 1. The fourth-order valence-corrected chi connectivity index (χ4v) is 3.26. The summed E-state index contributed by atoms with van der Waals surface area (Å²) >= 11 is 0. The van der Waals surface area contributed by atoms with Gasteiger partial charge >= 0.3 is 5.97 Å². The van der Waals surface area contributed by atoms with E-state index in [-0.39, 0.29) is 36.0 Å². The number of hydrogen-bond acceptors (Lipinski definition) is 2. The highest BCUT2D eigenvalue weighted by atomic mass is 127. The first-order valence-corrected chi connectivity index (χ1v) is 6.76. The number of piperidine rings is 3. The van der Waals surface area contributed by atoms with Gasteiger partial charge in [-0.2, -0.15) is 0 Å². The van der Waals surface area contributed by atoms with E-state index in [1.54, 1.807) is 0 Å². The second kappa shape index (κ2) is 5.79. The molecule has 0 saturated carbocycles. The summed E-state index contributed by atoms with van der Waals surface area (Å²) in [4.78, 5) is 12.1. The van der Waals surface area contributed by atoms with Gasteiger partial charge < -0.3 is 33.2 Å². The first-order valence-electron chi connectivity index (χ1n) is 6.76. The smallest absolute Gasteiger partial charge is 0.338 e. The molecule has 4 heteroatoms. The first-order chi connectivity index (χ1) is 8.66. The molecule has 0 N–H and O–H groups in total. The number of fused-ring (bicyclic) bond motifs is 3. The van der Waals surface area contributed by atoms with Crippen LogP contribution in [-0.2, 0) is 4.74 Å².